The van der Waals surface area contributed by atoms with Crippen molar-refractivity contribution in [1.82, 2.24) is 5.32 Å². The van der Waals surface area contributed by atoms with E-state index in [0.29, 0.717) is 19.8 Å². The zero-order valence-corrected chi connectivity index (χ0v) is 11.3. The molecule has 0 radical (unpaired) electrons. The van der Waals surface area contributed by atoms with Crippen LogP contribution in [0.1, 0.15) is 18.9 Å². The fourth-order valence-corrected chi connectivity index (χ4v) is 1.92. The van der Waals surface area contributed by atoms with E-state index < -0.39 is 0 Å². The summed E-state index contributed by atoms with van der Waals surface area (Å²) in [4.78, 5) is 11.3. The highest BCUT2D eigenvalue weighted by Crippen LogP contribution is 2.33. The van der Waals surface area contributed by atoms with E-state index >= 15 is 0 Å². The average Bonchev–Trinajstić information content (AvgIpc) is 2.69. The number of rotatable bonds is 4. The topological polar surface area (TPSA) is 56.8 Å². The van der Waals surface area contributed by atoms with Gasteiger partial charge in [0, 0.05) is 18.5 Å². The van der Waals surface area contributed by atoms with Crippen LogP contribution in [0.5, 0.6) is 11.5 Å². The van der Waals surface area contributed by atoms with E-state index in [1.807, 2.05) is 18.2 Å². The van der Waals surface area contributed by atoms with Crippen molar-refractivity contribution in [2.45, 2.75) is 25.9 Å². The Morgan fingerprint density at radius 1 is 1.42 bits per heavy atom. The SMILES string of the molecule is COC(=O)C(C)NCc1cccc2c1OCCCO2. The molecule has 19 heavy (non-hydrogen) atoms. The third kappa shape index (κ3) is 3.38. The van der Waals surface area contributed by atoms with Gasteiger partial charge in [0.2, 0.25) is 0 Å². The van der Waals surface area contributed by atoms with Gasteiger partial charge in [-0.25, -0.2) is 0 Å². The Hall–Kier alpha value is -1.75. The molecule has 1 aromatic carbocycles. The Morgan fingerprint density at radius 2 is 2.21 bits per heavy atom. The van der Waals surface area contributed by atoms with Crippen LogP contribution in [0.2, 0.25) is 0 Å². The molecule has 0 bridgehead atoms. The van der Waals surface area contributed by atoms with E-state index in [1.54, 1.807) is 6.92 Å². The quantitative estimate of drug-likeness (QED) is 0.836. The first-order valence-corrected chi connectivity index (χ1v) is 6.41. The Labute approximate surface area is 112 Å². The summed E-state index contributed by atoms with van der Waals surface area (Å²) in [6.07, 6.45) is 0.875. The molecule has 1 aliphatic rings. The van der Waals surface area contributed by atoms with Crippen molar-refractivity contribution in [3.8, 4) is 11.5 Å². The second-order valence-electron chi connectivity index (χ2n) is 4.42. The molecule has 0 saturated carbocycles. The Morgan fingerprint density at radius 3 is 3.00 bits per heavy atom. The Balaban J connectivity index is 2.06. The number of esters is 1. The fraction of sp³-hybridized carbons (Fsp3) is 0.500. The molecule has 0 aliphatic carbocycles. The molecule has 1 heterocycles. The maximum Gasteiger partial charge on any atom is 0.322 e. The number of carbonyl (C=O) groups is 1. The molecule has 0 spiro atoms. The number of ether oxygens (including phenoxy) is 3. The summed E-state index contributed by atoms with van der Waals surface area (Å²) in [5.41, 5.74) is 0.982. The molecule has 0 amide bonds. The summed E-state index contributed by atoms with van der Waals surface area (Å²) in [6, 6.07) is 5.43. The average molecular weight is 265 g/mol. The summed E-state index contributed by atoms with van der Waals surface area (Å²) >= 11 is 0. The highest BCUT2D eigenvalue weighted by Gasteiger charge is 2.17. The van der Waals surface area contributed by atoms with Gasteiger partial charge < -0.3 is 19.5 Å². The van der Waals surface area contributed by atoms with Gasteiger partial charge in [-0.15, -0.1) is 0 Å². The second-order valence-corrected chi connectivity index (χ2v) is 4.42. The van der Waals surface area contributed by atoms with E-state index in [2.05, 4.69) is 10.1 Å². The molecular weight excluding hydrogens is 246 g/mol. The van der Waals surface area contributed by atoms with Crippen LogP contribution in [0.3, 0.4) is 0 Å². The predicted molar refractivity (Wildman–Crippen MR) is 70.4 cm³/mol. The summed E-state index contributed by atoms with van der Waals surface area (Å²) in [7, 11) is 1.38. The minimum absolute atomic E-state index is 0.279. The molecular formula is C14H19NO4. The fourth-order valence-electron chi connectivity index (χ4n) is 1.92. The van der Waals surface area contributed by atoms with Crippen molar-refractivity contribution in [2.75, 3.05) is 20.3 Å². The van der Waals surface area contributed by atoms with Gasteiger partial charge >= 0.3 is 5.97 Å². The van der Waals surface area contributed by atoms with Gasteiger partial charge in [0.1, 0.15) is 6.04 Å². The lowest BCUT2D eigenvalue weighted by Crippen LogP contribution is -2.34. The van der Waals surface area contributed by atoms with Crippen LogP contribution in [0, 0.1) is 0 Å². The summed E-state index contributed by atoms with van der Waals surface area (Å²) in [5, 5.41) is 3.11. The van der Waals surface area contributed by atoms with Crippen LogP contribution in [0.15, 0.2) is 18.2 Å². The molecule has 1 atom stereocenters. The number of methoxy groups -OCH3 is 1. The number of carbonyl (C=O) groups excluding carboxylic acids is 1. The maximum atomic E-state index is 11.3. The van der Waals surface area contributed by atoms with Gasteiger partial charge in [0.25, 0.3) is 0 Å². The van der Waals surface area contributed by atoms with Crippen LogP contribution in [-0.4, -0.2) is 32.3 Å². The Bertz CT molecular complexity index is 447. The van der Waals surface area contributed by atoms with E-state index in [0.717, 1.165) is 23.5 Å². The van der Waals surface area contributed by atoms with Crippen molar-refractivity contribution >= 4 is 5.97 Å². The first-order chi connectivity index (χ1) is 9.22. The molecule has 1 aliphatic heterocycles. The zero-order valence-electron chi connectivity index (χ0n) is 11.3. The van der Waals surface area contributed by atoms with Gasteiger partial charge in [0.05, 0.1) is 20.3 Å². The predicted octanol–water partition coefficient (Wildman–Crippen LogP) is 1.50. The van der Waals surface area contributed by atoms with Crippen LogP contribution in [-0.2, 0) is 16.1 Å². The lowest BCUT2D eigenvalue weighted by Gasteiger charge is -2.15. The molecule has 5 nitrogen and oxygen atoms in total. The van der Waals surface area contributed by atoms with Crippen molar-refractivity contribution in [1.29, 1.82) is 0 Å². The number of hydrogen-bond donors (Lipinski definition) is 1. The summed E-state index contributed by atoms with van der Waals surface area (Å²) < 4.78 is 16.0. The number of para-hydroxylation sites is 1. The van der Waals surface area contributed by atoms with E-state index in [-0.39, 0.29) is 12.0 Å². The third-order valence-electron chi connectivity index (χ3n) is 3.01. The molecule has 5 heteroatoms. The lowest BCUT2D eigenvalue weighted by molar-refractivity contribution is -0.142. The molecule has 2 rings (SSSR count). The van der Waals surface area contributed by atoms with E-state index in [9.17, 15) is 4.79 Å². The highest BCUT2D eigenvalue weighted by molar-refractivity contribution is 5.75. The molecule has 1 N–H and O–H groups in total. The molecule has 104 valence electrons. The lowest BCUT2D eigenvalue weighted by atomic mass is 10.1. The zero-order chi connectivity index (χ0) is 13.7. The Kier molecular flexibility index (Phi) is 4.63. The van der Waals surface area contributed by atoms with Crippen molar-refractivity contribution < 1.29 is 19.0 Å². The van der Waals surface area contributed by atoms with Crippen LogP contribution >= 0.6 is 0 Å². The summed E-state index contributed by atoms with van der Waals surface area (Å²) in [5.74, 6) is 1.26. The number of benzene rings is 1. The normalized spacial score (nSPS) is 15.5. The molecule has 1 aromatic rings. The smallest absolute Gasteiger partial charge is 0.322 e. The number of nitrogens with one attached hydrogen (secondary N) is 1. The van der Waals surface area contributed by atoms with E-state index in [4.69, 9.17) is 9.47 Å². The molecule has 0 fully saturated rings. The minimum atomic E-state index is -0.354. The van der Waals surface area contributed by atoms with Crippen LogP contribution in [0.4, 0.5) is 0 Å². The second kappa shape index (κ2) is 6.43. The minimum Gasteiger partial charge on any atom is -0.490 e. The van der Waals surface area contributed by atoms with Crippen molar-refractivity contribution in [2.24, 2.45) is 0 Å². The largest absolute Gasteiger partial charge is 0.490 e. The molecule has 0 aromatic heterocycles. The van der Waals surface area contributed by atoms with Crippen molar-refractivity contribution in [3.05, 3.63) is 23.8 Å². The molecule has 0 saturated heterocycles. The van der Waals surface area contributed by atoms with Crippen molar-refractivity contribution in [3.63, 3.8) is 0 Å². The first kappa shape index (κ1) is 13.7. The standard InChI is InChI=1S/C14H19NO4/c1-10(14(16)17-2)15-9-11-5-3-6-12-13(11)19-8-4-7-18-12/h3,5-6,10,15H,4,7-9H2,1-2H3. The number of hydrogen-bond acceptors (Lipinski definition) is 5. The molecule has 1 unspecified atom stereocenters. The first-order valence-electron chi connectivity index (χ1n) is 6.41. The van der Waals surface area contributed by atoms with Crippen LogP contribution < -0.4 is 14.8 Å². The van der Waals surface area contributed by atoms with Gasteiger partial charge in [-0.2, -0.15) is 0 Å². The van der Waals surface area contributed by atoms with Crippen LogP contribution in [0.25, 0.3) is 0 Å². The monoisotopic (exact) mass is 265 g/mol. The van der Waals surface area contributed by atoms with Gasteiger partial charge in [0.15, 0.2) is 11.5 Å². The van der Waals surface area contributed by atoms with Gasteiger partial charge in [-0.05, 0) is 13.0 Å². The third-order valence-corrected chi connectivity index (χ3v) is 3.01. The number of fused-ring (bicyclic) bond motifs is 1. The van der Waals surface area contributed by atoms with Gasteiger partial charge in [-0.1, -0.05) is 12.1 Å². The maximum absolute atomic E-state index is 11.3. The van der Waals surface area contributed by atoms with Gasteiger partial charge in [-0.3, -0.25) is 4.79 Å². The van der Waals surface area contributed by atoms with E-state index in [1.165, 1.54) is 7.11 Å². The highest BCUT2D eigenvalue weighted by atomic mass is 16.5. The summed E-state index contributed by atoms with van der Waals surface area (Å²) in [6.45, 7) is 3.62.